The highest BCUT2D eigenvalue weighted by Gasteiger charge is 2.24. The number of ether oxygens (including phenoxy) is 3. The van der Waals surface area contributed by atoms with Crippen LogP contribution in [0.3, 0.4) is 0 Å². The van der Waals surface area contributed by atoms with E-state index >= 15 is 0 Å². The van der Waals surface area contributed by atoms with Gasteiger partial charge in [0.05, 0.1) is 26.9 Å². The van der Waals surface area contributed by atoms with Crippen LogP contribution in [0, 0.1) is 0 Å². The van der Waals surface area contributed by atoms with E-state index in [1.807, 2.05) is 36.4 Å². The van der Waals surface area contributed by atoms with Gasteiger partial charge in [0, 0.05) is 36.3 Å². The number of esters is 1. The van der Waals surface area contributed by atoms with Gasteiger partial charge in [-0.25, -0.2) is 4.79 Å². The molecule has 2 N–H and O–H groups in total. The molecule has 1 unspecified atom stereocenters. The number of hydrogen-bond acceptors (Lipinski definition) is 6. The fourth-order valence-electron chi connectivity index (χ4n) is 5.39. The maximum Gasteiger partial charge on any atom is 0.338 e. The quantitative estimate of drug-likeness (QED) is 0.155. The molecule has 2 amide bonds. The topological polar surface area (TPSA) is 103 Å². The standard InChI is InChI=1S/C36H46N2O6/c1-9-10-11-12-23(21-33(39)38-31-20-25(34(40)37-5)14-18-30(31)36(2,3)4)24-13-16-27(29(19-24)35(41)44-8)28-17-15-26(42-6)22-32(28)43-7/h13-20,22-23H,9-12,21H2,1-8H3,(H,37,40)(H,38,39). The van der Waals surface area contributed by atoms with Crippen molar-refractivity contribution in [1.82, 2.24) is 5.32 Å². The molecule has 0 saturated carbocycles. The Balaban J connectivity index is 2.02. The minimum absolute atomic E-state index is 0.142. The number of amides is 2. The van der Waals surface area contributed by atoms with Crippen LogP contribution < -0.4 is 20.1 Å². The Hall–Kier alpha value is -4.33. The van der Waals surface area contributed by atoms with E-state index in [0.29, 0.717) is 33.9 Å². The molecule has 0 heterocycles. The first kappa shape index (κ1) is 34.2. The number of carbonyl (C=O) groups is 3. The average molecular weight is 603 g/mol. The van der Waals surface area contributed by atoms with Gasteiger partial charge in [-0.1, -0.05) is 65.2 Å². The molecule has 0 bridgehead atoms. The summed E-state index contributed by atoms with van der Waals surface area (Å²) in [5, 5.41) is 5.75. The third-order valence-electron chi connectivity index (χ3n) is 7.80. The lowest BCUT2D eigenvalue weighted by Gasteiger charge is -2.25. The molecule has 0 aliphatic heterocycles. The summed E-state index contributed by atoms with van der Waals surface area (Å²) in [5.41, 5.74) is 4.44. The second-order valence-electron chi connectivity index (χ2n) is 11.9. The highest BCUT2D eigenvalue weighted by Crippen LogP contribution is 2.38. The summed E-state index contributed by atoms with van der Waals surface area (Å²) in [6.07, 6.45) is 4.01. The zero-order valence-corrected chi connectivity index (χ0v) is 27.3. The minimum atomic E-state index is -0.475. The molecule has 3 rings (SSSR count). The average Bonchev–Trinajstić information content (AvgIpc) is 3.02. The summed E-state index contributed by atoms with van der Waals surface area (Å²) in [6.45, 7) is 8.35. The van der Waals surface area contributed by atoms with Gasteiger partial charge in [-0.2, -0.15) is 0 Å². The van der Waals surface area contributed by atoms with Gasteiger partial charge in [-0.3, -0.25) is 9.59 Å². The van der Waals surface area contributed by atoms with E-state index in [-0.39, 0.29) is 29.6 Å². The summed E-state index contributed by atoms with van der Waals surface area (Å²) in [5.74, 6) is 0.206. The Morgan fingerprint density at radius 1 is 0.864 bits per heavy atom. The van der Waals surface area contributed by atoms with Crippen molar-refractivity contribution in [1.29, 1.82) is 0 Å². The molecule has 0 saturated heterocycles. The summed E-state index contributed by atoms with van der Waals surface area (Å²) < 4.78 is 16.1. The number of nitrogens with one attached hydrogen (secondary N) is 2. The molecule has 0 radical (unpaired) electrons. The maximum absolute atomic E-state index is 13.6. The lowest BCUT2D eigenvalue weighted by atomic mass is 9.84. The molecule has 44 heavy (non-hydrogen) atoms. The van der Waals surface area contributed by atoms with Crippen molar-refractivity contribution >= 4 is 23.5 Å². The fourth-order valence-corrected chi connectivity index (χ4v) is 5.39. The van der Waals surface area contributed by atoms with Gasteiger partial charge >= 0.3 is 5.97 Å². The molecule has 3 aromatic carbocycles. The zero-order valence-electron chi connectivity index (χ0n) is 27.3. The predicted octanol–water partition coefficient (Wildman–Crippen LogP) is 7.51. The number of methoxy groups -OCH3 is 3. The van der Waals surface area contributed by atoms with Crippen LogP contribution in [-0.2, 0) is 14.9 Å². The molecule has 3 aromatic rings. The van der Waals surface area contributed by atoms with Crippen molar-refractivity contribution in [2.45, 2.75) is 71.1 Å². The van der Waals surface area contributed by atoms with Gasteiger partial charge < -0.3 is 24.8 Å². The Morgan fingerprint density at radius 3 is 2.20 bits per heavy atom. The Labute approximate surface area is 261 Å². The number of unbranched alkanes of at least 4 members (excludes halogenated alkanes) is 2. The van der Waals surface area contributed by atoms with Gasteiger partial charge in [-0.05, 0) is 64.8 Å². The van der Waals surface area contributed by atoms with Crippen LogP contribution in [0.25, 0.3) is 11.1 Å². The lowest BCUT2D eigenvalue weighted by molar-refractivity contribution is -0.116. The molecular formula is C36H46N2O6. The number of hydrogen-bond donors (Lipinski definition) is 2. The second kappa shape index (κ2) is 15.4. The predicted molar refractivity (Wildman–Crippen MR) is 175 cm³/mol. The van der Waals surface area contributed by atoms with Crippen LogP contribution in [0.15, 0.2) is 54.6 Å². The van der Waals surface area contributed by atoms with Crippen molar-refractivity contribution in [3.05, 3.63) is 76.9 Å². The van der Waals surface area contributed by atoms with Gasteiger partial charge in [-0.15, -0.1) is 0 Å². The van der Waals surface area contributed by atoms with Gasteiger partial charge in [0.15, 0.2) is 0 Å². The van der Waals surface area contributed by atoms with Crippen LogP contribution in [0.4, 0.5) is 5.69 Å². The molecule has 8 heteroatoms. The van der Waals surface area contributed by atoms with Crippen LogP contribution >= 0.6 is 0 Å². The Bertz CT molecular complexity index is 1470. The molecule has 0 fully saturated rings. The van der Waals surface area contributed by atoms with Gasteiger partial charge in [0.25, 0.3) is 5.91 Å². The SMILES string of the molecule is CCCCCC(CC(=O)Nc1cc(C(=O)NC)ccc1C(C)(C)C)c1ccc(-c2ccc(OC)cc2OC)c(C(=O)OC)c1. The van der Waals surface area contributed by atoms with Crippen molar-refractivity contribution in [2.75, 3.05) is 33.7 Å². The molecule has 0 spiro atoms. The second-order valence-corrected chi connectivity index (χ2v) is 11.9. The first-order chi connectivity index (χ1) is 21.0. The van der Waals surface area contributed by atoms with E-state index in [0.717, 1.165) is 42.4 Å². The van der Waals surface area contributed by atoms with E-state index in [1.54, 1.807) is 39.5 Å². The molecule has 236 valence electrons. The minimum Gasteiger partial charge on any atom is -0.497 e. The van der Waals surface area contributed by atoms with E-state index in [9.17, 15) is 14.4 Å². The molecule has 0 aliphatic carbocycles. The van der Waals surface area contributed by atoms with Crippen LogP contribution in [0.5, 0.6) is 11.5 Å². The van der Waals surface area contributed by atoms with Crippen LogP contribution in [0.1, 0.15) is 97.6 Å². The van der Waals surface area contributed by atoms with Crippen molar-refractivity contribution in [2.24, 2.45) is 0 Å². The van der Waals surface area contributed by atoms with E-state index in [4.69, 9.17) is 14.2 Å². The third kappa shape index (κ3) is 8.40. The number of benzene rings is 3. The summed E-state index contributed by atoms with van der Waals surface area (Å²) in [6, 6.07) is 16.5. The number of rotatable bonds is 13. The normalized spacial score (nSPS) is 11.8. The Morgan fingerprint density at radius 2 is 1.59 bits per heavy atom. The molecule has 8 nitrogen and oxygen atoms in total. The maximum atomic E-state index is 13.6. The first-order valence-corrected chi connectivity index (χ1v) is 15.1. The van der Waals surface area contributed by atoms with Crippen molar-refractivity contribution < 1.29 is 28.6 Å². The summed E-state index contributed by atoms with van der Waals surface area (Å²) in [7, 11) is 6.09. The molecule has 1 atom stereocenters. The van der Waals surface area contributed by atoms with E-state index in [1.165, 1.54) is 7.11 Å². The fraction of sp³-hybridized carbons (Fsp3) is 0.417. The van der Waals surface area contributed by atoms with Crippen molar-refractivity contribution in [3.63, 3.8) is 0 Å². The molecular weight excluding hydrogens is 556 g/mol. The summed E-state index contributed by atoms with van der Waals surface area (Å²) >= 11 is 0. The number of carbonyl (C=O) groups excluding carboxylic acids is 3. The van der Waals surface area contributed by atoms with E-state index in [2.05, 4.69) is 38.3 Å². The van der Waals surface area contributed by atoms with E-state index < -0.39 is 5.97 Å². The molecule has 0 aromatic heterocycles. The zero-order chi connectivity index (χ0) is 32.4. The third-order valence-corrected chi connectivity index (χ3v) is 7.80. The Kier molecular flexibility index (Phi) is 12.0. The van der Waals surface area contributed by atoms with Crippen LogP contribution in [-0.4, -0.2) is 46.2 Å². The summed E-state index contributed by atoms with van der Waals surface area (Å²) in [4.78, 5) is 39.1. The van der Waals surface area contributed by atoms with Gasteiger partial charge in [0.1, 0.15) is 11.5 Å². The smallest absolute Gasteiger partial charge is 0.338 e. The van der Waals surface area contributed by atoms with Gasteiger partial charge in [0.2, 0.25) is 5.91 Å². The highest BCUT2D eigenvalue weighted by atomic mass is 16.5. The first-order valence-electron chi connectivity index (χ1n) is 15.1. The molecule has 0 aliphatic rings. The lowest BCUT2D eigenvalue weighted by Crippen LogP contribution is -2.22. The highest BCUT2D eigenvalue weighted by molar-refractivity contribution is 5.99. The largest absolute Gasteiger partial charge is 0.497 e. The monoisotopic (exact) mass is 602 g/mol. The van der Waals surface area contributed by atoms with Crippen molar-refractivity contribution in [3.8, 4) is 22.6 Å². The van der Waals surface area contributed by atoms with Crippen LogP contribution in [0.2, 0.25) is 0 Å². The number of anilines is 1.